The van der Waals surface area contributed by atoms with Gasteiger partial charge in [0.2, 0.25) is 5.69 Å². The molecule has 4 nitrogen and oxygen atoms in total. The molecule has 0 saturated heterocycles. The fourth-order valence-electron chi connectivity index (χ4n) is 2.14. The quantitative estimate of drug-likeness (QED) is 0.332. The van der Waals surface area contributed by atoms with Gasteiger partial charge in [-0.3, -0.25) is 4.79 Å². The summed E-state index contributed by atoms with van der Waals surface area (Å²) in [5.41, 5.74) is 2.73. The predicted molar refractivity (Wildman–Crippen MR) is 94.6 cm³/mol. The van der Waals surface area contributed by atoms with Crippen molar-refractivity contribution in [2.75, 3.05) is 5.32 Å². The van der Waals surface area contributed by atoms with Gasteiger partial charge in [0.1, 0.15) is 6.72 Å². The molecule has 1 N–H and O–H groups in total. The van der Waals surface area contributed by atoms with Gasteiger partial charge in [-0.05, 0) is 41.3 Å². The molecule has 2 aromatic carbocycles. The van der Waals surface area contributed by atoms with Crippen LogP contribution in [-0.2, 0) is 0 Å². The minimum Gasteiger partial charge on any atom is -0.619 e. The van der Waals surface area contributed by atoms with Crippen molar-refractivity contribution in [3.63, 3.8) is 0 Å². The average Bonchev–Trinajstić information content (AvgIpc) is 3.10. The third-order valence-electron chi connectivity index (χ3n) is 3.37. The number of rotatable bonds is 4. The van der Waals surface area contributed by atoms with Crippen LogP contribution >= 0.6 is 11.3 Å². The number of nitrogens with zero attached hydrogens (tertiary/aromatic N) is 1. The SMILES string of the molecule is C=[N+]([O-])c1ccc(NC(=O)c2ccc(-c3cccs3)cc2)cc1. The first-order valence-corrected chi connectivity index (χ1v) is 7.84. The molecule has 1 heterocycles. The zero-order valence-corrected chi connectivity index (χ0v) is 13.0. The summed E-state index contributed by atoms with van der Waals surface area (Å²) in [5.74, 6) is -0.191. The van der Waals surface area contributed by atoms with E-state index in [0.717, 1.165) is 5.56 Å². The zero-order chi connectivity index (χ0) is 16.2. The van der Waals surface area contributed by atoms with Crippen LogP contribution in [0.25, 0.3) is 10.4 Å². The van der Waals surface area contributed by atoms with E-state index in [1.54, 1.807) is 47.7 Å². The molecule has 0 spiro atoms. The van der Waals surface area contributed by atoms with Crippen molar-refractivity contribution in [3.8, 4) is 10.4 Å². The number of carbonyl (C=O) groups excluding carboxylic acids is 1. The van der Waals surface area contributed by atoms with Gasteiger partial charge in [-0.2, -0.15) is 4.74 Å². The van der Waals surface area contributed by atoms with E-state index in [9.17, 15) is 10.0 Å². The Morgan fingerprint density at radius 2 is 1.74 bits per heavy atom. The largest absolute Gasteiger partial charge is 0.619 e. The van der Waals surface area contributed by atoms with Crippen LogP contribution < -0.4 is 5.32 Å². The molecular formula is C18H14N2O2S. The summed E-state index contributed by atoms with van der Waals surface area (Å²) in [4.78, 5) is 13.4. The van der Waals surface area contributed by atoms with E-state index in [2.05, 4.69) is 12.0 Å². The molecule has 5 heteroatoms. The molecule has 0 radical (unpaired) electrons. The third kappa shape index (κ3) is 3.46. The number of carbonyl (C=O) groups is 1. The number of nitrogens with one attached hydrogen (secondary N) is 1. The van der Waals surface area contributed by atoms with Gasteiger partial charge in [-0.25, -0.2) is 0 Å². The number of thiophene rings is 1. The second kappa shape index (κ2) is 6.46. The Labute approximate surface area is 137 Å². The fraction of sp³-hybridized carbons (Fsp3) is 0. The number of hydrogen-bond acceptors (Lipinski definition) is 3. The molecule has 3 aromatic rings. The number of hydrogen-bond donors (Lipinski definition) is 1. The molecule has 1 aromatic heterocycles. The Kier molecular flexibility index (Phi) is 4.21. The maximum absolute atomic E-state index is 12.2. The zero-order valence-electron chi connectivity index (χ0n) is 12.2. The predicted octanol–water partition coefficient (Wildman–Crippen LogP) is 4.51. The van der Waals surface area contributed by atoms with E-state index in [-0.39, 0.29) is 5.91 Å². The Balaban J connectivity index is 1.71. The van der Waals surface area contributed by atoms with Crippen molar-refractivity contribution < 1.29 is 9.53 Å². The van der Waals surface area contributed by atoms with Crippen molar-refractivity contribution in [2.45, 2.75) is 0 Å². The monoisotopic (exact) mass is 322 g/mol. The minimum atomic E-state index is -0.191. The van der Waals surface area contributed by atoms with Gasteiger partial charge in [0, 0.05) is 28.3 Å². The first-order valence-electron chi connectivity index (χ1n) is 6.96. The second-order valence-electron chi connectivity index (χ2n) is 4.93. The lowest BCUT2D eigenvalue weighted by Gasteiger charge is -2.07. The smallest absolute Gasteiger partial charge is 0.255 e. The van der Waals surface area contributed by atoms with Crippen molar-refractivity contribution >= 4 is 35.3 Å². The van der Waals surface area contributed by atoms with Crippen LogP contribution in [0.4, 0.5) is 11.4 Å². The standard InChI is InChI=1S/C18H14N2O2S/c1-20(22)16-10-8-15(9-11-16)19-18(21)14-6-4-13(5-7-14)17-3-2-12-23-17/h2-12H,1H2,(H,19,21). The Hall–Kier alpha value is -2.92. The maximum atomic E-state index is 12.2. The molecule has 0 aliphatic rings. The molecule has 114 valence electrons. The van der Waals surface area contributed by atoms with Gasteiger partial charge >= 0.3 is 0 Å². The number of benzene rings is 2. The molecule has 3 rings (SSSR count). The molecular weight excluding hydrogens is 308 g/mol. The van der Waals surface area contributed by atoms with E-state index in [0.29, 0.717) is 21.7 Å². The van der Waals surface area contributed by atoms with Gasteiger partial charge in [-0.15, -0.1) is 11.3 Å². The van der Waals surface area contributed by atoms with E-state index >= 15 is 0 Å². The van der Waals surface area contributed by atoms with Gasteiger partial charge < -0.3 is 10.5 Å². The summed E-state index contributed by atoms with van der Waals surface area (Å²) in [6, 6.07) is 18.1. The normalized spacial score (nSPS) is 10.3. The highest BCUT2D eigenvalue weighted by Gasteiger charge is 2.08. The number of anilines is 1. The van der Waals surface area contributed by atoms with Crippen molar-refractivity contribution in [2.24, 2.45) is 0 Å². The lowest BCUT2D eigenvalue weighted by atomic mass is 10.1. The topological polar surface area (TPSA) is 55.2 Å². The highest BCUT2D eigenvalue weighted by atomic mass is 32.1. The Bertz CT molecular complexity index is 822. The molecule has 0 saturated carbocycles. The first-order chi connectivity index (χ1) is 11.1. The van der Waals surface area contributed by atoms with Crippen LogP contribution in [0.2, 0.25) is 0 Å². The fourth-order valence-corrected chi connectivity index (χ4v) is 2.88. The van der Waals surface area contributed by atoms with Crippen LogP contribution in [0.5, 0.6) is 0 Å². The molecule has 0 aliphatic heterocycles. The van der Waals surface area contributed by atoms with Crippen molar-refractivity contribution in [1.29, 1.82) is 0 Å². The summed E-state index contributed by atoms with van der Waals surface area (Å²) in [7, 11) is 0. The van der Waals surface area contributed by atoms with E-state index < -0.39 is 0 Å². The summed E-state index contributed by atoms with van der Waals surface area (Å²) in [6.07, 6.45) is 0. The van der Waals surface area contributed by atoms with Crippen LogP contribution in [0.1, 0.15) is 10.4 Å². The maximum Gasteiger partial charge on any atom is 0.255 e. The molecule has 0 fully saturated rings. The van der Waals surface area contributed by atoms with E-state index in [1.165, 1.54) is 4.88 Å². The molecule has 0 unspecified atom stereocenters. The highest BCUT2D eigenvalue weighted by Crippen LogP contribution is 2.25. The van der Waals surface area contributed by atoms with Crippen LogP contribution in [-0.4, -0.2) is 17.4 Å². The van der Waals surface area contributed by atoms with Crippen LogP contribution in [0, 0.1) is 5.21 Å². The molecule has 23 heavy (non-hydrogen) atoms. The van der Waals surface area contributed by atoms with Gasteiger partial charge in [0.25, 0.3) is 5.91 Å². The Morgan fingerprint density at radius 1 is 1.04 bits per heavy atom. The summed E-state index contributed by atoms with van der Waals surface area (Å²) in [5, 5.41) is 15.9. The van der Waals surface area contributed by atoms with Gasteiger partial charge in [0.15, 0.2) is 0 Å². The highest BCUT2D eigenvalue weighted by molar-refractivity contribution is 7.13. The summed E-state index contributed by atoms with van der Waals surface area (Å²) in [6.45, 7) is 3.27. The minimum absolute atomic E-state index is 0.191. The van der Waals surface area contributed by atoms with E-state index in [1.807, 2.05) is 29.6 Å². The molecule has 1 amide bonds. The molecule has 0 aliphatic carbocycles. The van der Waals surface area contributed by atoms with E-state index in [4.69, 9.17) is 0 Å². The van der Waals surface area contributed by atoms with Crippen LogP contribution in [0.3, 0.4) is 0 Å². The first kappa shape index (κ1) is 15.0. The van der Waals surface area contributed by atoms with Crippen LogP contribution in [0.15, 0.2) is 66.0 Å². The summed E-state index contributed by atoms with van der Waals surface area (Å²) >= 11 is 1.66. The van der Waals surface area contributed by atoms with Crippen molar-refractivity contribution in [3.05, 3.63) is 76.8 Å². The lowest BCUT2D eigenvalue weighted by Crippen LogP contribution is -2.11. The Morgan fingerprint density at radius 3 is 2.30 bits per heavy atom. The molecule has 0 atom stereocenters. The lowest BCUT2D eigenvalue weighted by molar-refractivity contribution is -0.349. The average molecular weight is 322 g/mol. The third-order valence-corrected chi connectivity index (χ3v) is 4.28. The molecule has 0 bridgehead atoms. The van der Waals surface area contributed by atoms with Gasteiger partial charge in [-0.1, -0.05) is 18.2 Å². The second-order valence-corrected chi connectivity index (χ2v) is 5.88. The van der Waals surface area contributed by atoms with Gasteiger partial charge in [0.05, 0.1) is 0 Å². The van der Waals surface area contributed by atoms with Crippen molar-refractivity contribution in [1.82, 2.24) is 0 Å². The summed E-state index contributed by atoms with van der Waals surface area (Å²) < 4.78 is 0.523. The number of amides is 1.